The Morgan fingerprint density at radius 2 is 1.69 bits per heavy atom. The first-order valence-electron chi connectivity index (χ1n) is 13.4. The van der Waals surface area contributed by atoms with E-state index in [1.807, 2.05) is 23.1 Å². The molecule has 0 unspecified atom stereocenters. The molecule has 2 aromatic heterocycles. The van der Waals surface area contributed by atoms with Crippen molar-refractivity contribution in [3.8, 4) is 22.8 Å². The third-order valence-corrected chi connectivity index (χ3v) is 7.41. The Bertz CT molecular complexity index is 1380. The van der Waals surface area contributed by atoms with Crippen LogP contribution in [0.15, 0.2) is 55.0 Å². The lowest BCUT2D eigenvalue weighted by atomic mass is 10.1. The Morgan fingerprint density at radius 3 is 2.41 bits per heavy atom. The van der Waals surface area contributed by atoms with Crippen LogP contribution in [0.1, 0.15) is 12.8 Å². The summed E-state index contributed by atoms with van der Waals surface area (Å²) in [5.41, 5.74) is 5.68. The van der Waals surface area contributed by atoms with E-state index in [9.17, 15) is 0 Å². The molecule has 2 fully saturated rings. The molecular weight excluding hydrogens is 514 g/mol. The average molecular weight is 550 g/mol. The zero-order valence-corrected chi connectivity index (χ0v) is 23.4. The Kier molecular flexibility index (Phi) is 8.50. The van der Waals surface area contributed by atoms with Crippen LogP contribution < -0.4 is 19.7 Å². The summed E-state index contributed by atoms with van der Waals surface area (Å²) in [4.78, 5) is 14.5. The van der Waals surface area contributed by atoms with Gasteiger partial charge in [-0.05, 0) is 37.0 Å². The van der Waals surface area contributed by atoms with Crippen molar-refractivity contribution in [1.82, 2.24) is 30.0 Å². The number of methoxy groups -OCH3 is 2. The topological polar surface area (TPSA) is 80.6 Å². The summed E-state index contributed by atoms with van der Waals surface area (Å²) in [7, 11) is 3.37. The van der Waals surface area contributed by atoms with Gasteiger partial charge in [-0.25, -0.2) is 4.98 Å². The van der Waals surface area contributed by atoms with Crippen molar-refractivity contribution >= 4 is 34.8 Å². The normalized spacial score (nSPS) is 15.6. The summed E-state index contributed by atoms with van der Waals surface area (Å²) in [5.74, 6) is 2.24. The van der Waals surface area contributed by atoms with Crippen LogP contribution in [0.2, 0.25) is 0 Å². The molecule has 10 heteroatoms. The van der Waals surface area contributed by atoms with E-state index in [0.29, 0.717) is 5.92 Å². The van der Waals surface area contributed by atoms with Crippen molar-refractivity contribution in [3.63, 3.8) is 0 Å². The number of piperazine rings is 1. The van der Waals surface area contributed by atoms with Crippen molar-refractivity contribution < 1.29 is 9.47 Å². The number of anilines is 2. The first-order chi connectivity index (χ1) is 18.7. The molecule has 0 atom stereocenters. The highest BCUT2D eigenvalue weighted by Gasteiger charge is 2.26. The van der Waals surface area contributed by atoms with E-state index < -0.39 is 0 Å². The zero-order chi connectivity index (χ0) is 25.9. The molecule has 1 aliphatic heterocycles. The minimum Gasteiger partial charge on any atom is -0.497 e. The Hall–Kier alpha value is -3.40. The van der Waals surface area contributed by atoms with Gasteiger partial charge < -0.3 is 19.7 Å². The highest BCUT2D eigenvalue weighted by atomic mass is 35.5. The summed E-state index contributed by atoms with van der Waals surface area (Å²) in [6.45, 7) is 7.10. The smallest absolute Gasteiger partial charge is 0.124 e. The molecule has 4 aromatic rings. The van der Waals surface area contributed by atoms with Crippen LogP contribution in [0.4, 0.5) is 11.4 Å². The number of hydrogen-bond acceptors (Lipinski definition) is 8. The maximum absolute atomic E-state index is 5.55. The first kappa shape index (κ1) is 27.2. The highest BCUT2D eigenvalue weighted by molar-refractivity contribution is 5.85. The molecule has 3 heterocycles. The lowest BCUT2D eigenvalue weighted by molar-refractivity contribution is 0.229. The van der Waals surface area contributed by atoms with E-state index >= 15 is 0 Å². The number of hydrogen-bond donors (Lipinski definition) is 1. The largest absolute Gasteiger partial charge is 0.497 e. The van der Waals surface area contributed by atoms with Gasteiger partial charge in [0.1, 0.15) is 11.5 Å². The molecule has 0 spiro atoms. The number of rotatable bonds is 10. The Labute approximate surface area is 235 Å². The summed E-state index contributed by atoms with van der Waals surface area (Å²) in [6.07, 6.45) is 8.32. The molecule has 0 amide bonds. The lowest BCUT2D eigenvalue weighted by Gasteiger charge is -2.26. The van der Waals surface area contributed by atoms with Crippen LogP contribution >= 0.6 is 12.4 Å². The second-order valence-corrected chi connectivity index (χ2v) is 10.1. The van der Waals surface area contributed by atoms with E-state index in [0.717, 1.165) is 91.0 Å². The Balaban J connectivity index is 0.00000308. The van der Waals surface area contributed by atoms with Gasteiger partial charge in [0.05, 0.1) is 49.9 Å². The number of nitrogens with one attached hydrogen (secondary N) is 1. The zero-order valence-electron chi connectivity index (χ0n) is 22.5. The number of fused-ring (bicyclic) bond motifs is 1. The minimum absolute atomic E-state index is 0. The van der Waals surface area contributed by atoms with Crippen molar-refractivity contribution in [1.29, 1.82) is 0 Å². The maximum atomic E-state index is 5.55. The first-order valence-corrected chi connectivity index (χ1v) is 13.4. The van der Waals surface area contributed by atoms with Gasteiger partial charge in [0.15, 0.2) is 0 Å². The number of halogens is 1. The highest BCUT2D eigenvalue weighted by Crippen LogP contribution is 2.38. The van der Waals surface area contributed by atoms with Crippen molar-refractivity contribution in [3.05, 3.63) is 55.0 Å². The monoisotopic (exact) mass is 549 g/mol. The predicted octanol–water partition coefficient (Wildman–Crippen LogP) is 4.39. The number of benzene rings is 2. The quantitative estimate of drug-likeness (QED) is 0.312. The second-order valence-electron chi connectivity index (χ2n) is 10.1. The summed E-state index contributed by atoms with van der Waals surface area (Å²) in [6, 6.07) is 12.3. The molecule has 0 bridgehead atoms. The molecule has 2 aromatic carbocycles. The van der Waals surface area contributed by atoms with Crippen LogP contribution in [0.3, 0.4) is 0 Å². The predicted molar refractivity (Wildman–Crippen MR) is 157 cm³/mol. The third kappa shape index (κ3) is 6.43. The molecule has 1 N–H and O–H groups in total. The van der Waals surface area contributed by atoms with E-state index in [1.165, 1.54) is 12.8 Å². The number of nitrogens with zero attached hydrogens (tertiary/aromatic N) is 6. The maximum Gasteiger partial charge on any atom is 0.124 e. The average Bonchev–Trinajstić information content (AvgIpc) is 3.68. The lowest BCUT2D eigenvalue weighted by Crippen LogP contribution is -2.44. The molecule has 39 heavy (non-hydrogen) atoms. The van der Waals surface area contributed by atoms with E-state index in [1.54, 1.807) is 14.2 Å². The van der Waals surface area contributed by atoms with Gasteiger partial charge >= 0.3 is 0 Å². The number of aromatic nitrogens is 4. The van der Waals surface area contributed by atoms with E-state index in [2.05, 4.69) is 56.7 Å². The molecule has 6 rings (SSSR count). The molecule has 1 saturated heterocycles. The van der Waals surface area contributed by atoms with Gasteiger partial charge in [0.2, 0.25) is 0 Å². The molecule has 1 aliphatic carbocycles. The fraction of sp³-hybridized carbons (Fsp3) is 0.414. The fourth-order valence-electron chi connectivity index (χ4n) is 4.97. The van der Waals surface area contributed by atoms with Gasteiger partial charge in [-0.2, -0.15) is 5.10 Å². The summed E-state index contributed by atoms with van der Waals surface area (Å²) < 4.78 is 13.1. The fourth-order valence-corrected chi connectivity index (χ4v) is 4.97. The van der Waals surface area contributed by atoms with Crippen LogP contribution in [-0.4, -0.2) is 78.1 Å². The van der Waals surface area contributed by atoms with Gasteiger partial charge in [0.25, 0.3) is 0 Å². The van der Waals surface area contributed by atoms with Crippen LogP contribution in [0, 0.1) is 5.92 Å². The molecular formula is C29H36ClN7O2. The molecule has 2 aliphatic rings. The summed E-state index contributed by atoms with van der Waals surface area (Å²) >= 11 is 0. The van der Waals surface area contributed by atoms with Crippen LogP contribution in [0.5, 0.6) is 11.5 Å². The van der Waals surface area contributed by atoms with Gasteiger partial charge in [0, 0.05) is 80.6 Å². The van der Waals surface area contributed by atoms with Gasteiger partial charge in [-0.1, -0.05) is 0 Å². The van der Waals surface area contributed by atoms with Crippen LogP contribution in [0.25, 0.3) is 22.3 Å². The molecule has 9 nitrogen and oxygen atoms in total. The van der Waals surface area contributed by atoms with E-state index in [-0.39, 0.29) is 12.4 Å². The summed E-state index contributed by atoms with van der Waals surface area (Å²) in [5, 5.41) is 7.99. The van der Waals surface area contributed by atoms with Crippen molar-refractivity contribution in [2.75, 3.05) is 58.4 Å². The van der Waals surface area contributed by atoms with Crippen molar-refractivity contribution in [2.45, 2.75) is 19.4 Å². The molecule has 206 valence electrons. The van der Waals surface area contributed by atoms with E-state index in [4.69, 9.17) is 19.4 Å². The van der Waals surface area contributed by atoms with Gasteiger partial charge in [-0.3, -0.25) is 14.6 Å². The Morgan fingerprint density at radius 1 is 0.923 bits per heavy atom. The minimum atomic E-state index is 0. The van der Waals surface area contributed by atoms with Crippen molar-refractivity contribution in [2.24, 2.45) is 5.92 Å². The molecule has 1 saturated carbocycles. The standard InChI is InChI=1S/C29H35N7O2.ClH/c1-37-25-13-24(14-26(16-25)38-2)36(19-21-3-4-21)23-5-6-27-28(15-23)33-29(18-31-27)22-17-32-35(20-22)12-11-34-9-7-30-8-10-34;/h5-6,13-18,20-21,30H,3-4,7-12,19H2,1-2H3;1H. The second kappa shape index (κ2) is 12.2. The molecule has 0 radical (unpaired) electrons. The number of ether oxygens (including phenoxy) is 2. The third-order valence-electron chi connectivity index (χ3n) is 7.41. The van der Waals surface area contributed by atoms with Gasteiger partial charge in [-0.15, -0.1) is 12.4 Å². The van der Waals surface area contributed by atoms with Crippen LogP contribution in [-0.2, 0) is 6.54 Å². The SMILES string of the molecule is COc1cc(OC)cc(N(CC2CC2)c2ccc3ncc(-c4cnn(CCN5CCNCC5)c4)nc3c2)c1.Cl.